The fourth-order valence-electron chi connectivity index (χ4n) is 2.32. The van der Waals surface area contributed by atoms with Crippen LogP contribution in [-0.4, -0.2) is 25.3 Å². The van der Waals surface area contributed by atoms with E-state index in [9.17, 15) is 18.4 Å². The first-order chi connectivity index (χ1) is 11.7. The molecule has 0 aromatic heterocycles. The summed E-state index contributed by atoms with van der Waals surface area (Å²) < 4.78 is 23.7. The molecule has 0 saturated heterocycles. The van der Waals surface area contributed by atoms with Crippen LogP contribution in [0.15, 0.2) is 0 Å². The van der Waals surface area contributed by atoms with E-state index in [2.05, 4.69) is 9.78 Å². The summed E-state index contributed by atoms with van der Waals surface area (Å²) in [6.45, 7) is -0.534. The molecule has 4 nitrogen and oxygen atoms in total. The van der Waals surface area contributed by atoms with Crippen molar-refractivity contribution in [1.82, 2.24) is 0 Å². The molecule has 0 bridgehead atoms. The van der Waals surface area contributed by atoms with Gasteiger partial charge in [0.25, 0.3) is 0 Å². The second-order valence-corrected chi connectivity index (χ2v) is 6.03. The second-order valence-electron chi connectivity index (χ2n) is 6.03. The highest BCUT2D eigenvalue weighted by molar-refractivity contribution is 5.72. The zero-order valence-electron chi connectivity index (χ0n) is 14.7. The Kier molecular flexibility index (Phi) is 17.2. The van der Waals surface area contributed by atoms with Gasteiger partial charge in [-0.25, -0.2) is 19.4 Å². The van der Waals surface area contributed by atoms with Gasteiger partial charge < -0.3 is 0 Å². The summed E-state index contributed by atoms with van der Waals surface area (Å²) in [6.07, 6.45) is 10.5. The Labute approximate surface area is 144 Å². The number of hydrogen-bond donors (Lipinski definition) is 0. The van der Waals surface area contributed by atoms with Crippen molar-refractivity contribution in [2.24, 2.45) is 0 Å². The predicted molar refractivity (Wildman–Crippen MR) is 88.8 cm³/mol. The smallest absolute Gasteiger partial charge is 0.251 e. The van der Waals surface area contributed by atoms with Crippen molar-refractivity contribution in [2.75, 3.05) is 13.3 Å². The Bertz CT molecular complexity index is 281. The third-order valence-corrected chi connectivity index (χ3v) is 3.76. The molecule has 0 radical (unpaired) electrons. The lowest BCUT2D eigenvalue weighted by Crippen LogP contribution is -2.11. The Morgan fingerprint density at radius 3 is 1.12 bits per heavy atom. The maximum absolute atomic E-state index is 11.9. The van der Waals surface area contributed by atoms with Gasteiger partial charge in [-0.05, 0) is 25.7 Å². The zero-order valence-corrected chi connectivity index (χ0v) is 14.7. The SMILES string of the molecule is O=C(CCCCCCCCF)OOC(=O)CCCCCCCCF. The van der Waals surface area contributed by atoms with Crippen molar-refractivity contribution in [2.45, 2.75) is 89.9 Å². The van der Waals surface area contributed by atoms with Gasteiger partial charge in [-0.15, -0.1) is 0 Å². The number of rotatable bonds is 16. The molecule has 0 heterocycles. The highest BCUT2D eigenvalue weighted by Gasteiger charge is 2.09. The monoisotopic (exact) mass is 350 g/mol. The van der Waals surface area contributed by atoms with E-state index in [0.717, 1.165) is 51.4 Å². The van der Waals surface area contributed by atoms with Crippen molar-refractivity contribution >= 4 is 11.9 Å². The molecule has 24 heavy (non-hydrogen) atoms. The van der Waals surface area contributed by atoms with Crippen LogP contribution in [0, 0.1) is 0 Å². The molecule has 0 N–H and O–H groups in total. The van der Waals surface area contributed by atoms with E-state index in [0.29, 0.717) is 25.7 Å². The highest BCUT2D eigenvalue weighted by atomic mass is 19.1. The zero-order chi connectivity index (χ0) is 17.9. The first-order valence-electron chi connectivity index (χ1n) is 9.22. The molecule has 0 aliphatic rings. The number of carbonyl (C=O) groups is 2. The van der Waals surface area contributed by atoms with Crippen LogP contribution in [0.2, 0.25) is 0 Å². The summed E-state index contributed by atoms with van der Waals surface area (Å²) in [4.78, 5) is 31.7. The van der Waals surface area contributed by atoms with Gasteiger partial charge in [0.2, 0.25) is 0 Å². The molecular formula is C18H32F2O4. The molecule has 0 atom stereocenters. The van der Waals surface area contributed by atoms with E-state index >= 15 is 0 Å². The lowest BCUT2D eigenvalue weighted by Gasteiger charge is -2.04. The fourth-order valence-corrected chi connectivity index (χ4v) is 2.32. The van der Waals surface area contributed by atoms with Gasteiger partial charge in [0.05, 0.1) is 26.2 Å². The molecule has 0 aliphatic carbocycles. The summed E-state index contributed by atoms with van der Waals surface area (Å²) in [6, 6.07) is 0. The topological polar surface area (TPSA) is 52.6 Å². The molecule has 0 aromatic carbocycles. The molecule has 0 amide bonds. The van der Waals surface area contributed by atoms with E-state index in [-0.39, 0.29) is 26.2 Å². The predicted octanol–water partition coefficient (Wildman–Crippen LogP) is 5.39. The molecule has 0 rings (SSSR count). The maximum Gasteiger partial charge on any atom is 0.355 e. The van der Waals surface area contributed by atoms with Gasteiger partial charge in [-0.3, -0.25) is 8.78 Å². The number of halogens is 2. The minimum absolute atomic E-state index is 0.227. The number of unbranched alkanes of at least 4 members (excludes halogenated alkanes) is 10. The molecule has 142 valence electrons. The van der Waals surface area contributed by atoms with E-state index in [1.807, 2.05) is 0 Å². The molecule has 0 saturated carbocycles. The van der Waals surface area contributed by atoms with Gasteiger partial charge >= 0.3 is 11.9 Å². The van der Waals surface area contributed by atoms with Crippen molar-refractivity contribution in [3.05, 3.63) is 0 Å². The second kappa shape index (κ2) is 18.1. The molecule has 0 fully saturated rings. The first kappa shape index (κ1) is 22.8. The lowest BCUT2D eigenvalue weighted by molar-refractivity contribution is -0.259. The summed E-state index contributed by atoms with van der Waals surface area (Å²) in [5.74, 6) is -1.06. The van der Waals surface area contributed by atoms with Crippen LogP contribution in [0.5, 0.6) is 0 Å². The van der Waals surface area contributed by atoms with E-state index in [4.69, 9.17) is 0 Å². The Morgan fingerprint density at radius 1 is 0.500 bits per heavy atom. The van der Waals surface area contributed by atoms with Crippen LogP contribution in [0.4, 0.5) is 8.78 Å². The van der Waals surface area contributed by atoms with Gasteiger partial charge in [-0.2, -0.15) is 0 Å². The van der Waals surface area contributed by atoms with Crippen LogP contribution in [0.1, 0.15) is 89.9 Å². The minimum Gasteiger partial charge on any atom is -0.251 e. The molecule has 0 aromatic rings. The quantitative estimate of drug-likeness (QED) is 0.213. The Balaban J connectivity index is 3.34. The van der Waals surface area contributed by atoms with Crippen LogP contribution in [-0.2, 0) is 19.4 Å². The summed E-state index contributed by atoms with van der Waals surface area (Å²) in [5, 5.41) is 0. The van der Waals surface area contributed by atoms with Crippen LogP contribution >= 0.6 is 0 Å². The highest BCUT2D eigenvalue weighted by Crippen LogP contribution is 2.09. The lowest BCUT2D eigenvalue weighted by atomic mass is 10.1. The van der Waals surface area contributed by atoms with Crippen LogP contribution in [0.3, 0.4) is 0 Å². The number of carbonyl (C=O) groups excluding carboxylic acids is 2. The maximum atomic E-state index is 11.9. The first-order valence-corrected chi connectivity index (χ1v) is 9.22. The van der Waals surface area contributed by atoms with Crippen molar-refractivity contribution in [3.8, 4) is 0 Å². The molecule has 0 aliphatic heterocycles. The van der Waals surface area contributed by atoms with E-state index in [1.54, 1.807) is 0 Å². The Hall–Kier alpha value is -1.20. The molecule has 0 unspecified atom stereocenters. The van der Waals surface area contributed by atoms with Crippen LogP contribution < -0.4 is 0 Å². The summed E-state index contributed by atoms with van der Waals surface area (Å²) in [7, 11) is 0. The van der Waals surface area contributed by atoms with Crippen molar-refractivity contribution in [3.63, 3.8) is 0 Å². The minimum atomic E-state index is -0.529. The van der Waals surface area contributed by atoms with Gasteiger partial charge in [0, 0.05) is 0 Å². The number of alkyl halides is 2. The van der Waals surface area contributed by atoms with Crippen LogP contribution in [0.25, 0.3) is 0 Å². The normalized spacial score (nSPS) is 10.6. The average Bonchev–Trinajstić information content (AvgIpc) is 2.58. The average molecular weight is 350 g/mol. The molecule has 6 heteroatoms. The fraction of sp³-hybridized carbons (Fsp3) is 0.889. The third-order valence-electron chi connectivity index (χ3n) is 3.76. The largest absolute Gasteiger partial charge is 0.355 e. The van der Waals surface area contributed by atoms with Crippen molar-refractivity contribution < 1.29 is 28.1 Å². The van der Waals surface area contributed by atoms with Gasteiger partial charge in [0.1, 0.15) is 0 Å². The standard InChI is InChI=1S/C18H32F2O4/c19-15-11-7-3-1-5-9-13-17(21)23-24-18(22)14-10-6-2-4-8-12-16-20/h1-16H2. The van der Waals surface area contributed by atoms with E-state index in [1.165, 1.54) is 0 Å². The van der Waals surface area contributed by atoms with Gasteiger partial charge in [-0.1, -0.05) is 51.4 Å². The number of hydrogen-bond acceptors (Lipinski definition) is 4. The summed E-state index contributed by atoms with van der Waals surface area (Å²) >= 11 is 0. The molecular weight excluding hydrogens is 318 g/mol. The van der Waals surface area contributed by atoms with Gasteiger partial charge in [0.15, 0.2) is 0 Å². The summed E-state index contributed by atoms with van der Waals surface area (Å²) in [5.41, 5.74) is 0. The third kappa shape index (κ3) is 17.2. The Morgan fingerprint density at radius 2 is 0.792 bits per heavy atom. The van der Waals surface area contributed by atoms with E-state index < -0.39 is 11.9 Å². The molecule has 0 spiro atoms. The van der Waals surface area contributed by atoms with Crippen molar-refractivity contribution in [1.29, 1.82) is 0 Å².